The predicted molar refractivity (Wildman–Crippen MR) is 341 cm³/mol. The van der Waals surface area contributed by atoms with Gasteiger partial charge in [0.1, 0.15) is 28.8 Å². The van der Waals surface area contributed by atoms with Crippen LogP contribution in [-0.2, 0) is 0 Å². The van der Waals surface area contributed by atoms with Crippen molar-refractivity contribution in [2.45, 2.75) is 0 Å². The molecule has 0 unspecified atom stereocenters. The monoisotopic (exact) mass is 1050 g/mol. The maximum atomic E-state index is 12.7. The molecule has 0 saturated heterocycles. The van der Waals surface area contributed by atoms with Gasteiger partial charge in [0.2, 0.25) is 0 Å². The number of aromatic nitrogens is 4. The molecule has 0 atom stereocenters. The third-order valence-corrected chi connectivity index (χ3v) is 17.6. The van der Waals surface area contributed by atoms with Crippen molar-refractivity contribution in [2.24, 2.45) is 0 Å². The fourth-order valence-electron chi connectivity index (χ4n) is 14.2. The van der Waals surface area contributed by atoms with Crippen molar-refractivity contribution < 1.29 is 4.42 Å². The standard InChI is InChI=1S/C76H42N6O/c77-43-61-71(79-63-29-10-3-20-51(63)52-21-4-11-30-64(52)79)62(44-78)73(81-67-33-14-7-24-55(67)56-25-8-15-34-68(56)81)75(72(61)80-65-31-12-5-22-53(65)54-23-6-13-32-66(54)80)82-69-42-46(48-27-17-28-49-47-19-2-1-18-45(47)36-38-50(48)49)37-39-57(69)59-40-41-60-58-26-9-16-35-70(58)83-76(60)74(59)82/h1-42H. The molecule has 0 bridgehead atoms. The Morgan fingerprint density at radius 1 is 0.277 bits per heavy atom. The summed E-state index contributed by atoms with van der Waals surface area (Å²) in [6, 6.07) is 95.5. The average Bonchev–Trinajstić information content (AvgIpc) is 1.79. The van der Waals surface area contributed by atoms with E-state index in [1.165, 1.54) is 16.2 Å². The zero-order chi connectivity index (χ0) is 54.6. The van der Waals surface area contributed by atoms with Gasteiger partial charge in [-0.05, 0) is 87.3 Å². The van der Waals surface area contributed by atoms with Crippen LogP contribution in [0.2, 0.25) is 0 Å². The molecule has 18 aromatic rings. The minimum atomic E-state index is 0.336. The molecule has 5 heterocycles. The fraction of sp³-hybridized carbons (Fsp3) is 0. The van der Waals surface area contributed by atoms with Crippen molar-refractivity contribution in [3.63, 3.8) is 0 Å². The number of rotatable bonds is 5. The Hall–Kier alpha value is -11.6. The summed E-state index contributed by atoms with van der Waals surface area (Å²) in [7, 11) is 0. The van der Waals surface area contributed by atoms with Gasteiger partial charge in [-0.25, -0.2) is 0 Å². The number of para-hydroxylation sites is 7. The van der Waals surface area contributed by atoms with Gasteiger partial charge < -0.3 is 22.7 Å². The largest absolute Gasteiger partial charge is 0.454 e. The second kappa shape index (κ2) is 16.9. The summed E-state index contributed by atoms with van der Waals surface area (Å²) in [6.07, 6.45) is 0. The van der Waals surface area contributed by atoms with Crippen LogP contribution in [0.5, 0.6) is 0 Å². The molecule has 0 spiro atoms. The van der Waals surface area contributed by atoms with Crippen molar-refractivity contribution in [3.05, 3.63) is 266 Å². The average molecular weight is 1060 g/mol. The number of hydrogen-bond donors (Lipinski definition) is 0. The number of furan rings is 1. The zero-order valence-electron chi connectivity index (χ0n) is 44.3. The van der Waals surface area contributed by atoms with Crippen molar-refractivity contribution >= 4 is 131 Å². The molecule has 13 aromatic carbocycles. The van der Waals surface area contributed by atoms with Crippen LogP contribution in [-0.4, -0.2) is 18.3 Å². The van der Waals surface area contributed by atoms with Gasteiger partial charge in [0.05, 0.1) is 66.9 Å². The minimum Gasteiger partial charge on any atom is -0.454 e. The molecule has 0 fully saturated rings. The van der Waals surface area contributed by atoms with Crippen LogP contribution in [0.1, 0.15) is 11.1 Å². The first-order valence-corrected chi connectivity index (χ1v) is 28.0. The Morgan fingerprint density at radius 3 is 1.22 bits per heavy atom. The first-order chi connectivity index (χ1) is 41.2. The maximum Gasteiger partial charge on any atom is 0.160 e. The SMILES string of the molecule is N#Cc1c(-n2c3ccccc3c3ccccc32)c(C#N)c(-n2c3ccccc3c3ccccc32)c(-n2c3cc(-c4cccc5c4ccc4ccccc45)ccc3c3ccc4c5ccccc5oc4c32)c1-n1c2ccccc2c2ccccc21. The van der Waals surface area contributed by atoms with E-state index < -0.39 is 0 Å². The van der Waals surface area contributed by atoms with Crippen molar-refractivity contribution in [2.75, 3.05) is 0 Å². The van der Waals surface area contributed by atoms with Crippen LogP contribution in [0.4, 0.5) is 0 Å². The van der Waals surface area contributed by atoms with Crippen molar-refractivity contribution in [1.82, 2.24) is 18.3 Å². The molecule has 0 radical (unpaired) electrons. The molecule has 382 valence electrons. The summed E-state index contributed by atoms with van der Waals surface area (Å²) in [6.45, 7) is 0. The van der Waals surface area contributed by atoms with Gasteiger partial charge >= 0.3 is 0 Å². The number of fused-ring (bicyclic) bond motifs is 19. The lowest BCUT2D eigenvalue weighted by molar-refractivity contribution is 0.671. The second-order valence-electron chi connectivity index (χ2n) is 21.7. The Kier molecular flexibility index (Phi) is 9.23. The Labute approximate surface area is 473 Å². The van der Waals surface area contributed by atoms with Crippen LogP contribution in [0.25, 0.3) is 165 Å². The summed E-state index contributed by atoms with van der Waals surface area (Å²) in [4.78, 5) is 0. The molecule has 7 heteroatoms. The van der Waals surface area contributed by atoms with Gasteiger partial charge in [-0.15, -0.1) is 0 Å². The molecule has 0 amide bonds. The second-order valence-corrected chi connectivity index (χ2v) is 21.7. The van der Waals surface area contributed by atoms with Crippen LogP contribution in [0, 0.1) is 22.7 Å². The number of nitriles is 2. The highest BCUT2D eigenvalue weighted by atomic mass is 16.3. The highest BCUT2D eigenvalue weighted by Crippen LogP contribution is 2.51. The van der Waals surface area contributed by atoms with Gasteiger partial charge in [-0.2, -0.15) is 10.5 Å². The van der Waals surface area contributed by atoms with E-state index in [9.17, 15) is 10.5 Å². The van der Waals surface area contributed by atoms with Gasteiger partial charge in [-0.1, -0.05) is 200 Å². The van der Waals surface area contributed by atoms with E-state index in [-0.39, 0.29) is 0 Å². The smallest absolute Gasteiger partial charge is 0.160 e. The highest BCUT2D eigenvalue weighted by molar-refractivity contribution is 6.24. The van der Waals surface area contributed by atoms with Crippen LogP contribution < -0.4 is 0 Å². The lowest BCUT2D eigenvalue weighted by Crippen LogP contribution is -2.17. The predicted octanol–water partition coefficient (Wildman–Crippen LogP) is 19.7. The topological polar surface area (TPSA) is 80.4 Å². The molecule has 0 N–H and O–H groups in total. The molecule has 0 saturated carbocycles. The number of benzene rings is 13. The van der Waals surface area contributed by atoms with Crippen LogP contribution >= 0.6 is 0 Å². The molecular weight excluding hydrogens is 1010 g/mol. The van der Waals surface area contributed by atoms with E-state index in [1.54, 1.807) is 0 Å². The van der Waals surface area contributed by atoms with E-state index in [0.717, 1.165) is 120 Å². The Bertz CT molecular complexity index is 5670. The van der Waals surface area contributed by atoms with Gasteiger partial charge in [0, 0.05) is 53.9 Å². The Balaban J connectivity index is 1.14. The van der Waals surface area contributed by atoms with Crippen molar-refractivity contribution in [3.8, 4) is 46.0 Å². The van der Waals surface area contributed by atoms with E-state index >= 15 is 0 Å². The summed E-state index contributed by atoms with van der Waals surface area (Å²) in [5.41, 5.74) is 13.7. The zero-order valence-corrected chi connectivity index (χ0v) is 44.3. The number of hydrogen-bond acceptors (Lipinski definition) is 3. The van der Waals surface area contributed by atoms with Gasteiger partial charge in [-0.3, -0.25) is 0 Å². The summed E-state index contributed by atoms with van der Waals surface area (Å²) < 4.78 is 16.4. The van der Waals surface area contributed by atoms with Crippen molar-refractivity contribution in [1.29, 1.82) is 10.5 Å². The first kappa shape index (κ1) is 45.2. The maximum absolute atomic E-state index is 12.7. The van der Waals surface area contributed by atoms with E-state index in [4.69, 9.17) is 4.42 Å². The molecule has 7 nitrogen and oxygen atoms in total. The molecule has 0 aliphatic rings. The molecule has 0 aliphatic carbocycles. The Morgan fingerprint density at radius 2 is 0.687 bits per heavy atom. The molecule has 83 heavy (non-hydrogen) atoms. The first-order valence-electron chi connectivity index (χ1n) is 28.0. The number of nitrogens with zero attached hydrogens (tertiary/aromatic N) is 6. The van der Waals surface area contributed by atoms with Crippen LogP contribution in [0.3, 0.4) is 0 Å². The molecular formula is C76H42N6O. The fourth-order valence-corrected chi connectivity index (χ4v) is 14.2. The normalized spacial score (nSPS) is 12.1. The van der Waals surface area contributed by atoms with Gasteiger partial charge in [0.15, 0.2) is 5.58 Å². The van der Waals surface area contributed by atoms with Gasteiger partial charge in [0.25, 0.3) is 0 Å². The minimum absolute atomic E-state index is 0.336. The lowest BCUT2D eigenvalue weighted by atomic mass is 9.94. The van der Waals surface area contributed by atoms with E-state index in [0.29, 0.717) is 39.5 Å². The third-order valence-electron chi connectivity index (χ3n) is 17.6. The lowest BCUT2D eigenvalue weighted by Gasteiger charge is -2.27. The summed E-state index contributed by atoms with van der Waals surface area (Å²) in [5.74, 6) is 0. The molecule has 5 aromatic heterocycles. The molecule has 0 aliphatic heterocycles. The summed E-state index contributed by atoms with van der Waals surface area (Å²) >= 11 is 0. The van der Waals surface area contributed by atoms with Crippen LogP contribution in [0.15, 0.2) is 259 Å². The molecule has 18 rings (SSSR count). The quantitative estimate of drug-likeness (QED) is 0.161. The van der Waals surface area contributed by atoms with E-state index in [2.05, 4.69) is 261 Å². The highest BCUT2D eigenvalue weighted by Gasteiger charge is 2.35. The summed E-state index contributed by atoms with van der Waals surface area (Å²) in [5, 5.41) is 40.2. The third kappa shape index (κ3) is 6.04. The van der Waals surface area contributed by atoms with E-state index in [1.807, 2.05) is 24.3 Å².